The van der Waals surface area contributed by atoms with Crippen molar-refractivity contribution in [1.29, 1.82) is 0 Å². The van der Waals surface area contributed by atoms with Crippen molar-refractivity contribution in [2.24, 2.45) is 0 Å². The van der Waals surface area contributed by atoms with Gasteiger partial charge in [0, 0.05) is 0 Å². The molecule has 1 saturated carbocycles. The molecule has 0 aliphatic heterocycles. The van der Waals surface area contributed by atoms with Crippen LogP contribution in [0.25, 0.3) is 0 Å². The predicted octanol–water partition coefficient (Wildman–Crippen LogP) is 3.34. The van der Waals surface area contributed by atoms with E-state index in [1.165, 1.54) is 24.0 Å². The minimum absolute atomic E-state index is 0.115. The quantitative estimate of drug-likeness (QED) is 0.903. The molecule has 3 rings (SSSR count). The molecule has 0 spiro atoms. The summed E-state index contributed by atoms with van der Waals surface area (Å²) in [5.41, 5.74) is 2.36. The molecule has 0 bridgehead atoms. The number of carboxylic acids is 1. The molecule has 0 aromatic heterocycles. The molecule has 0 saturated heterocycles. The molecule has 1 aromatic carbocycles. The van der Waals surface area contributed by atoms with Crippen molar-refractivity contribution in [3.05, 3.63) is 29.3 Å². The van der Waals surface area contributed by atoms with Crippen molar-refractivity contribution in [2.45, 2.75) is 57.0 Å². The summed E-state index contributed by atoms with van der Waals surface area (Å²) >= 11 is 0. The Kier molecular flexibility index (Phi) is 3.21. The molecule has 1 aromatic rings. The first-order valence-corrected chi connectivity index (χ1v) is 7.20. The van der Waals surface area contributed by atoms with Crippen LogP contribution in [0.3, 0.4) is 0 Å². The number of carbonyl (C=O) groups is 1. The van der Waals surface area contributed by atoms with E-state index in [9.17, 15) is 4.79 Å². The average Bonchev–Trinajstić information content (AvgIpc) is 2.35. The van der Waals surface area contributed by atoms with Gasteiger partial charge in [0.1, 0.15) is 11.4 Å². The van der Waals surface area contributed by atoms with Gasteiger partial charge in [0.15, 0.2) is 0 Å². The minimum atomic E-state index is -0.766. The van der Waals surface area contributed by atoms with E-state index >= 15 is 0 Å². The summed E-state index contributed by atoms with van der Waals surface area (Å²) in [5, 5.41) is 9.00. The highest BCUT2D eigenvalue weighted by Crippen LogP contribution is 2.40. The lowest BCUT2D eigenvalue weighted by atomic mass is 9.77. The number of fused-ring (bicyclic) bond motifs is 1. The zero-order valence-electron chi connectivity index (χ0n) is 11.2. The van der Waals surface area contributed by atoms with E-state index in [2.05, 4.69) is 12.1 Å². The second-order valence-corrected chi connectivity index (χ2v) is 5.85. The van der Waals surface area contributed by atoms with Crippen LogP contribution in [-0.4, -0.2) is 16.7 Å². The number of aliphatic carboxylic acids is 1. The molecule has 2 aliphatic rings. The number of aryl methyl sites for hydroxylation is 2. The topological polar surface area (TPSA) is 46.5 Å². The van der Waals surface area contributed by atoms with E-state index < -0.39 is 11.6 Å². The molecule has 2 aliphatic carbocycles. The Bertz CT molecular complexity index is 489. The molecule has 0 amide bonds. The van der Waals surface area contributed by atoms with Crippen LogP contribution in [0.15, 0.2) is 18.2 Å². The van der Waals surface area contributed by atoms with E-state index in [0.29, 0.717) is 0 Å². The summed E-state index contributed by atoms with van der Waals surface area (Å²) in [7, 11) is 0. The second kappa shape index (κ2) is 4.87. The SMILES string of the molecule is O=C(O)CC1(Oc2ccc3c(c2)CCCC3)CCC1. The van der Waals surface area contributed by atoms with Crippen molar-refractivity contribution in [1.82, 2.24) is 0 Å². The lowest BCUT2D eigenvalue weighted by Crippen LogP contribution is -2.45. The summed E-state index contributed by atoms with van der Waals surface area (Å²) in [4.78, 5) is 11.0. The summed E-state index contributed by atoms with van der Waals surface area (Å²) < 4.78 is 6.03. The zero-order chi connectivity index (χ0) is 13.3. The number of rotatable bonds is 4. The van der Waals surface area contributed by atoms with Gasteiger partial charge in [-0.2, -0.15) is 0 Å². The summed E-state index contributed by atoms with van der Waals surface area (Å²) in [6.07, 6.45) is 7.70. The number of ether oxygens (including phenoxy) is 1. The molecule has 1 N–H and O–H groups in total. The Hall–Kier alpha value is -1.51. The first-order chi connectivity index (χ1) is 9.17. The Morgan fingerprint density at radius 3 is 2.53 bits per heavy atom. The maximum Gasteiger partial charge on any atom is 0.307 e. The standard InChI is InChI=1S/C16H20O3/c17-15(18)11-16(8-3-9-16)19-14-7-6-12-4-1-2-5-13(12)10-14/h6-7,10H,1-5,8-9,11H2,(H,17,18). The lowest BCUT2D eigenvalue weighted by Gasteiger charge is -2.41. The zero-order valence-corrected chi connectivity index (χ0v) is 11.2. The molecule has 3 nitrogen and oxygen atoms in total. The molecule has 1 fully saturated rings. The monoisotopic (exact) mass is 260 g/mol. The van der Waals surface area contributed by atoms with Gasteiger partial charge in [-0.15, -0.1) is 0 Å². The fourth-order valence-electron chi connectivity index (χ4n) is 3.18. The van der Waals surface area contributed by atoms with Crippen LogP contribution in [0.1, 0.15) is 49.7 Å². The fraction of sp³-hybridized carbons (Fsp3) is 0.562. The molecule has 0 unspecified atom stereocenters. The van der Waals surface area contributed by atoms with Crippen molar-refractivity contribution in [2.75, 3.05) is 0 Å². The number of carboxylic acid groups (broad SMARTS) is 1. The highest BCUT2D eigenvalue weighted by Gasteiger charge is 2.41. The first-order valence-electron chi connectivity index (χ1n) is 7.20. The Labute approximate surface area is 113 Å². The van der Waals surface area contributed by atoms with Gasteiger partial charge in [-0.25, -0.2) is 0 Å². The van der Waals surface area contributed by atoms with E-state index in [4.69, 9.17) is 9.84 Å². The smallest absolute Gasteiger partial charge is 0.307 e. The molecular formula is C16H20O3. The van der Waals surface area contributed by atoms with Crippen LogP contribution in [0.2, 0.25) is 0 Å². The average molecular weight is 260 g/mol. The molecule has 19 heavy (non-hydrogen) atoms. The van der Waals surface area contributed by atoms with Gasteiger partial charge < -0.3 is 9.84 Å². The fourth-order valence-corrected chi connectivity index (χ4v) is 3.18. The maximum absolute atomic E-state index is 11.0. The number of hydrogen-bond acceptors (Lipinski definition) is 2. The van der Waals surface area contributed by atoms with Gasteiger partial charge in [0.2, 0.25) is 0 Å². The van der Waals surface area contributed by atoms with E-state index in [1.54, 1.807) is 0 Å². The van der Waals surface area contributed by atoms with Crippen molar-refractivity contribution >= 4 is 5.97 Å². The Morgan fingerprint density at radius 1 is 1.16 bits per heavy atom. The highest BCUT2D eigenvalue weighted by molar-refractivity contribution is 5.68. The van der Waals surface area contributed by atoms with Gasteiger partial charge >= 0.3 is 5.97 Å². The molecular weight excluding hydrogens is 240 g/mol. The van der Waals surface area contributed by atoms with Gasteiger partial charge in [0.25, 0.3) is 0 Å². The van der Waals surface area contributed by atoms with Crippen LogP contribution in [0, 0.1) is 0 Å². The van der Waals surface area contributed by atoms with Crippen molar-refractivity contribution in [3.63, 3.8) is 0 Å². The third kappa shape index (κ3) is 2.60. The van der Waals surface area contributed by atoms with Gasteiger partial charge in [-0.1, -0.05) is 6.07 Å². The Morgan fingerprint density at radius 2 is 1.89 bits per heavy atom. The first kappa shape index (κ1) is 12.5. The molecule has 0 heterocycles. The van der Waals surface area contributed by atoms with E-state index in [0.717, 1.165) is 37.9 Å². The predicted molar refractivity (Wildman–Crippen MR) is 72.5 cm³/mol. The summed E-state index contributed by atoms with van der Waals surface area (Å²) in [6, 6.07) is 6.28. The maximum atomic E-state index is 11.0. The molecule has 0 atom stereocenters. The summed E-state index contributed by atoms with van der Waals surface area (Å²) in [5.74, 6) is 0.0826. The van der Waals surface area contributed by atoms with Crippen molar-refractivity contribution in [3.8, 4) is 5.75 Å². The largest absolute Gasteiger partial charge is 0.487 e. The third-order valence-electron chi connectivity index (χ3n) is 4.39. The number of benzene rings is 1. The van der Waals surface area contributed by atoms with Gasteiger partial charge in [-0.05, 0) is 68.2 Å². The van der Waals surface area contributed by atoms with E-state index in [-0.39, 0.29) is 6.42 Å². The van der Waals surface area contributed by atoms with Crippen LogP contribution in [0.4, 0.5) is 0 Å². The lowest BCUT2D eigenvalue weighted by molar-refractivity contribution is -0.144. The van der Waals surface area contributed by atoms with Crippen LogP contribution < -0.4 is 4.74 Å². The normalized spacial score (nSPS) is 20.2. The van der Waals surface area contributed by atoms with Crippen LogP contribution in [-0.2, 0) is 17.6 Å². The summed E-state index contributed by atoms with van der Waals surface area (Å²) in [6.45, 7) is 0. The van der Waals surface area contributed by atoms with Gasteiger partial charge in [0.05, 0.1) is 6.42 Å². The Balaban J connectivity index is 1.77. The van der Waals surface area contributed by atoms with Crippen LogP contribution >= 0.6 is 0 Å². The second-order valence-electron chi connectivity index (χ2n) is 5.85. The highest BCUT2D eigenvalue weighted by atomic mass is 16.5. The molecule has 0 radical (unpaired) electrons. The third-order valence-corrected chi connectivity index (χ3v) is 4.39. The molecule has 3 heteroatoms. The van der Waals surface area contributed by atoms with Crippen molar-refractivity contribution < 1.29 is 14.6 Å². The van der Waals surface area contributed by atoms with Crippen LogP contribution in [0.5, 0.6) is 5.75 Å². The molecule has 102 valence electrons. The van der Waals surface area contributed by atoms with E-state index in [1.807, 2.05) is 6.07 Å². The minimum Gasteiger partial charge on any atom is -0.487 e. The number of hydrogen-bond donors (Lipinski definition) is 1. The van der Waals surface area contributed by atoms with Gasteiger partial charge in [-0.3, -0.25) is 4.79 Å².